The third-order valence-corrected chi connectivity index (χ3v) is 5.59. The van der Waals surface area contributed by atoms with Crippen LogP contribution in [0.15, 0.2) is 36.5 Å². The molecule has 2 aromatic rings. The maximum absolute atomic E-state index is 12.7. The molecule has 154 valence electrons. The summed E-state index contributed by atoms with van der Waals surface area (Å²) in [6.45, 7) is 7.99. The van der Waals surface area contributed by atoms with Gasteiger partial charge in [-0.3, -0.25) is 9.59 Å². The zero-order valence-corrected chi connectivity index (χ0v) is 17.7. The summed E-state index contributed by atoms with van der Waals surface area (Å²) >= 11 is 0. The number of anilines is 2. The van der Waals surface area contributed by atoms with E-state index in [2.05, 4.69) is 17.2 Å². The van der Waals surface area contributed by atoms with E-state index in [1.807, 2.05) is 44.0 Å². The zero-order chi connectivity index (χ0) is 21.0. The van der Waals surface area contributed by atoms with E-state index >= 15 is 0 Å². The van der Waals surface area contributed by atoms with Crippen molar-refractivity contribution in [3.63, 3.8) is 0 Å². The average molecular weight is 395 g/mol. The lowest BCUT2D eigenvalue weighted by Crippen LogP contribution is -2.39. The molecule has 0 saturated carbocycles. The first kappa shape index (κ1) is 20.8. The van der Waals surface area contributed by atoms with Crippen LogP contribution in [0, 0.1) is 19.8 Å². The van der Waals surface area contributed by atoms with Crippen molar-refractivity contribution >= 4 is 23.3 Å². The topological polar surface area (TPSA) is 65.5 Å². The van der Waals surface area contributed by atoms with E-state index in [1.54, 1.807) is 23.2 Å². The number of aromatic nitrogens is 1. The minimum absolute atomic E-state index is 0.0333. The lowest BCUT2D eigenvalue weighted by molar-refractivity contribution is -0.114. The standard InChI is InChI=1S/C23H30N4O2/c1-16-7-6-12-27(14-16)23(29)19-10-11-21(24-13-19)26(4)15-22(28)25-20-9-5-8-17(2)18(20)3/h5,8-11,13,16H,6-7,12,14-15H2,1-4H3,(H,25,28)/t16-/m0/s1. The molecule has 0 bridgehead atoms. The summed E-state index contributed by atoms with van der Waals surface area (Å²) in [5.74, 6) is 1.13. The van der Waals surface area contributed by atoms with Gasteiger partial charge in [0.1, 0.15) is 5.82 Å². The second-order valence-corrected chi connectivity index (χ2v) is 8.06. The number of nitrogens with one attached hydrogen (secondary N) is 1. The molecule has 3 rings (SSSR count). The fourth-order valence-electron chi connectivity index (χ4n) is 3.67. The van der Waals surface area contributed by atoms with Gasteiger partial charge in [0.05, 0.1) is 12.1 Å². The Kier molecular flexibility index (Phi) is 6.52. The van der Waals surface area contributed by atoms with Crippen LogP contribution in [0.25, 0.3) is 0 Å². The molecule has 1 atom stereocenters. The molecule has 1 saturated heterocycles. The zero-order valence-electron chi connectivity index (χ0n) is 17.7. The number of likely N-dealkylation sites (tertiary alicyclic amines) is 1. The number of pyridine rings is 1. The molecule has 6 nitrogen and oxygen atoms in total. The number of carbonyl (C=O) groups is 2. The predicted octanol–water partition coefficient (Wildman–Crippen LogP) is 3.65. The first-order chi connectivity index (χ1) is 13.8. The van der Waals surface area contributed by atoms with Crippen LogP contribution >= 0.6 is 0 Å². The Morgan fingerprint density at radius 1 is 1.24 bits per heavy atom. The van der Waals surface area contributed by atoms with Gasteiger partial charge in [-0.2, -0.15) is 0 Å². The van der Waals surface area contributed by atoms with E-state index in [9.17, 15) is 9.59 Å². The monoisotopic (exact) mass is 394 g/mol. The number of likely N-dealkylation sites (N-methyl/N-ethyl adjacent to an activating group) is 1. The highest BCUT2D eigenvalue weighted by Crippen LogP contribution is 2.20. The molecular weight excluding hydrogens is 364 g/mol. The van der Waals surface area contributed by atoms with Crippen molar-refractivity contribution in [1.29, 1.82) is 0 Å². The van der Waals surface area contributed by atoms with Crippen LogP contribution in [0.2, 0.25) is 0 Å². The van der Waals surface area contributed by atoms with Gasteiger partial charge in [0.2, 0.25) is 5.91 Å². The van der Waals surface area contributed by atoms with Gasteiger partial charge in [0.15, 0.2) is 0 Å². The Bertz CT molecular complexity index is 879. The molecule has 29 heavy (non-hydrogen) atoms. The van der Waals surface area contributed by atoms with Crippen molar-refractivity contribution in [3.8, 4) is 0 Å². The first-order valence-electron chi connectivity index (χ1n) is 10.2. The second-order valence-electron chi connectivity index (χ2n) is 8.06. The SMILES string of the molecule is Cc1cccc(NC(=O)CN(C)c2ccc(C(=O)N3CCC[C@H](C)C3)cn2)c1C. The molecule has 0 unspecified atom stereocenters. The Hall–Kier alpha value is -2.89. The van der Waals surface area contributed by atoms with Crippen LogP contribution in [0.3, 0.4) is 0 Å². The van der Waals surface area contributed by atoms with Gasteiger partial charge in [-0.1, -0.05) is 19.1 Å². The van der Waals surface area contributed by atoms with Crippen molar-refractivity contribution in [2.45, 2.75) is 33.6 Å². The number of benzene rings is 1. The largest absolute Gasteiger partial charge is 0.350 e. The minimum Gasteiger partial charge on any atom is -0.350 e. The first-order valence-corrected chi connectivity index (χ1v) is 10.2. The fourth-order valence-corrected chi connectivity index (χ4v) is 3.67. The lowest BCUT2D eigenvalue weighted by Gasteiger charge is -2.31. The molecule has 6 heteroatoms. The summed E-state index contributed by atoms with van der Waals surface area (Å²) in [6.07, 6.45) is 3.84. The van der Waals surface area contributed by atoms with Gasteiger partial charge in [-0.15, -0.1) is 0 Å². The smallest absolute Gasteiger partial charge is 0.255 e. The van der Waals surface area contributed by atoms with Gasteiger partial charge < -0.3 is 15.1 Å². The van der Waals surface area contributed by atoms with Crippen LogP contribution in [0.5, 0.6) is 0 Å². The van der Waals surface area contributed by atoms with Crippen molar-refractivity contribution in [2.75, 3.05) is 36.9 Å². The molecule has 2 amide bonds. The number of nitrogens with zero attached hydrogens (tertiary/aromatic N) is 3. The lowest BCUT2D eigenvalue weighted by atomic mass is 10.00. The number of carbonyl (C=O) groups excluding carboxylic acids is 2. The van der Waals surface area contributed by atoms with Gasteiger partial charge in [-0.05, 0) is 61.9 Å². The fraction of sp³-hybridized carbons (Fsp3) is 0.435. The summed E-state index contributed by atoms with van der Waals surface area (Å²) in [7, 11) is 1.82. The number of rotatable bonds is 5. The third kappa shape index (κ3) is 5.13. The average Bonchev–Trinajstić information content (AvgIpc) is 2.71. The van der Waals surface area contributed by atoms with Crippen LogP contribution in [0.1, 0.15) is 41.3 Å². The molecule has 1 fully saturated rings. The van der Waals surface area contributed by atoms with Crippen LogP contribution in [0.4, 0.5) is 11.5 Å². The number of amides is 2. The van der Waals surface area contributed by atoms with Crippen molar-refractivity contribution in [3.05, 3.63) is 53.2 Å². The Morgan fingerprint density at radius 3 is 2.72 bits per heavy atom. The van der Waals surface area contributed by atoms with Crippen LogP contribution in [-0.4, -0.2) is 48.4 Å². The molecule has 0 radical (unpaired) electrons. The highest BCUT2D eigenvalue weighted by Gasteiger charge is 2.22. The third-order valence-electron chi connectivity index (χ3n) is 5.59. The second kappa shape index (κ2) is 9.07. The maximum atomic E-state index is 12.7. The summed E-state index contributed by atoms with van der Waals surface area (Å²) in [6, 6.07) is 9.45. The van der Waals surface area contributed by atoms with Crippen molar-refractivity contribution < 1.29 is 9.59 Å². The van der Waals surface area contributed by atoms with Gasteiger partial charge in [-0.25, -0.2) is 4.98 Å². The molecule has 1 N–H and O–H groups in total. The number of hydrogen-bond donors (Lipinski definition) is 1. The van der Waals surface area contributed by atoms with E-state index < -0.39 is 0 Å². The summed E-state index contributed by atoms with van der Waals surface area (Å²) in [4.78, 5) is 33.2. The van der Waals surface area contributed by atoms with E-state index in [0.717, 1.165) is 36.3 Å². The van der Waals surface area contributed by atoms with Gasteiger partial charge >= 0.3 is 0 Å². The molecule has 1 aliphatic rings. The van der Waals surface area contributed by atoms with E-state index in [4.69, 9.17) is 0 Å². The summed E-state index contributed by atoms with van der Waals surface area (Å²) in [5.41, 5.74) is 3.63. The number of aryl methyl sites for hydroxylation is 1. The Morgan fingerprint density at radius 2 is 2.03 bits per heavy atom. The van der Waals surface area contributed by atoms with E-state index in [-0.39, 0.29) is 18.4 Å². The Balaban J connectivity index is 1.59. The molecule has 0 spiro atoms. The molecule has 0 aliphatic carbocycles. The molecule has 2 heterocycles. The highest BCUT2D eigenvalue weighted by atomic mass is 16.2. The van der Waals surface area contributed by atoms with Gasteiger partial charge in [0.25, 0.3) is 5.91 Å². The van der Waals surface area contributed by atoms with E-state index in [0.29, 0.717) is 17.3 Å². The maximum Gasteiger partial charge on any atom is 0.255 e. The summed E-state index contributed by atoms with van der Waals surface area (Å²) < 4.78 is 0. The van der Waals surface area contributed by atoms with Gasteiger partial charge in [0, 0.05) is 32.0 Å². The molecule has 1 aromatic heterocycles. The van der Waals surface area contributed by atoms with Crippen molar-refractivity contribution in [2.24, 2.45) is 5.92 Å². The Labute approximate surface area is 172 Å². The van der Waals surface area contributed by atoms with E-state index in [1.165, 1.54) is 6.42 Å². The predicted molar refractivity (Wildman–Crippen MR) is 116 cm³/mol. The van der Waals surface area contributed by atoms with Crippen LogP contribution in [-0.2, 0) is 4.79 Å². The quantitative estimate of drug-likeness (QED) is 0.841. The normalized spacial score (nSPS) is 16.4. The molecule has 1 aromatic carbocycles. The minimum atomic E-state index is -0.106. The number of piperidine rings is 1. The summed E-state index contributed by atoms with van der Waals surface area (Å²) in [5, 5.41) is 2.96. The highest BCUT2D eigenvalue weighted by molar-refractivity contribution is 5.95. The molecule has 1 aliphatic heterocycles. The molecular formula is C23H30N4O2. The van der Waals surface area contributed by atoms with Crippen LogP contribution < -0.4 is 10.2 Å². The number of hydrogen-bond acceptors (Lipinski definition) is 4. The van der Waals surface area contributed by atoms with Crippen molar-refractivity contribution in [1.82, 2.24) is 9.88 Å².